The van der Waals surface area contributed by atoms with Gasteiger partial charge in [0, 0.05) is 38.4 Å². The zero-order chi connectivity index (χ0) is 19.3. The maximum atomic E-state index is 8.87. The minimum atomic E-state index is 0. The normalized spacial score (nSPS) is 10.5. The first kappa shape index (κ1) is 23.7. The van der Waals surface area contributed by atoms with Crippen molar-refractivity contribution in [1.29, 1.82) is 5.26 Å². The first-order valence-electron chi connectivity index (χ1n) is 9.01. The van der Waals surface area contributed by atoms with Gasteiger partial charge in [-0.15, -0.1) is 24.0 Å². The number of rotatable bonds is 9. The zero-order valence-electron chi connectivity index (χ0n) is 16.3. The molecule has 2 N–H and O–H groups in total. The summed E-state index contributed by atoms with van der Waals surface area (Å²) < 4.78 is 10.8. The maximum Gasteiger partial charge on any atom is 0.196 e. The quantitative estimate of drug-likeness (QED) is 0.237. The fourth-order valence-corrected chi connectivity index (χ4v) is 2.36. The molecule has 0 aromatic heterocycles. The summed E-state index contributed by atoms with van der Waals surface area (Å²) in [4.78, 5) is 4.60. The number of halogens is 1. The Morgan fingerprint density at radius 1 is 1.14 bits per heavy atom. The molecule has 2 rings (SSSR count). The zero-order valence-corrected chi connectivity index (χ0v) is 18.6. The number of aliphatic imine (C=N–C) groups is 1. The Morgan fingerprint density at radius 2 is 1.93 bits per heavy atom. The SMILES string of the molecule is CCNC(=NCc1ccc(C#N)cc1)Nc1cccc(OCCCOC)c1.I. The average molecular weight is 494 g/mol. The Balaban J connectivity index is 0.00000392. The highest BCUT2D eigenvalue weighted by Crippen LogP contribution is 2.17. The van der Waals surface area contributed by atoms with E-state index in [0.717, 1.165) is 30.0 Å². The van der Waals surface area contributed by atoms with Crippen LogP contribution >= 0.6 is 24.0 Å². The molecule has 0 saturated heterocycles. The Labute approximate surface area is 184 Å². The fraction of sp³-hybridized carbons (Fsp3) is 0.333. The number of nitriles is 1. The summed E-state index contributed by atoms with van der Waals surface area (Å²) >= 11 is 0. The number of anilines is 1. The van der Waals surface area contributed by atoms with Gasteiger partial charge in [-0.1, -0.05) is 18.2 Å². The molecule has 0 spiro atoms. The third kappa shape index (κ3) is 8.59. The van der Waals surface area contributed by atoms with Gasteiger partial charge in [0.1, 0.15) is 5.75 Å². The number of methoxy groups -OCH3 is 1. The number of guanidine groups is 1. The summed E-state index contributed by atoms with van der Waals surface area (Å²) in [5.41, 5.74) is 2.59. The molecule has 0 amide bonds. The summed E-state index contributed by atoms with van der Waals surface area (Å²) in [6.07, 6.45) is 0.850. The van der Waals surface area contributed by atoms with Crippen LogP contribution in [-0.4, -0.2) is 32.8 Å². The van der Waals surface area contributed by atoms with Crippen LogP contribution in [0.25, 0.3) is 0 Å². The minimum Gasteiger partial charge on any atom is -0.493 e. The largest absolute Gasteiger partial charge is 0.493 e. The van der Waals surface area contributed by atoms with Gasteiger partial charge in [-0.25, -0.2) is 4.99 Å². The van der Waals surface area contributed by atoms with Gasteiger partial charge in [0.05, 0.1) is 24.8 Å². The summed E-state index contributed by atoms with van der Waals surface area (Å²) in [6, 6.07) is 17.3. The van der Waals surface area contributed by atoms with Crippen LogP contribution in [0.3, 0.4) is 0 Å². The molecule has 0 aliphatic rings. The molecule has 150 valence electrons. The van der Waals surface area contributed by atoms with E-state index in [1.54, 1.807) is 19.2 Å². The van der Waals surface area contributed by atoms with E-state index in [4.69, 9.17) is 14.7 Å². The lowest BCUT2D eigenvalue weighted by molar-refractivity contribution is 0.172. The third-order valence-corrected chi connectivity index (χ3v) is 3.71. The molecule has 0 heterocycles. The minimum absolute atomic E-state index is 0. The van der Waals surface area contributed by atoms with Gasteiger partial charge in [0.15, 0.2) is 5.96 Å². The van der Waals surface area contributed by atoms with E-state index in [2.05, 4.69) is 21.7 Å². The number of nitrogens with one attached hydrogen (secondary N) is 2. The van der Waals surface area contributed by atoms with E-state index in [-0.39, 0.29) is 24.0 Å². The molecule has 0 fully saturated rings. The number of hydrogen-bond donors (Lipinski definition) is 2. The van der Waals surface area contributed by atoms with Gasteiger partial charge in [0.2, 0.25) is 0 Å². The summed E-state index contributed by atoms with van der Waals surface area (Å²) in [7, 11) is 1.68. The van der Waals surface area contributed by atoms with Crippen LogP contribution < -0.4 is 15.4 Å². The monoisotopic (exact) mass is 494 g/mol. The summed E-state index contributed by atoms with van der Waals surface area (Å²) in [5.74, 6) is 1.50. The number of ether oxygens (including phenoxy) is 2. The van der Waals surface area contributed by atoms with Crippen LogP contribution in [0.15, 0.2) is 53.5 Å². The molecule has 7 heteroatoms. The van der Waals surface area contributed by atoms with Crippen molar-refractivity contribution in [2.45, 2.75) is 19.9 Å². The van der Waals surface area contributed by atoms with E-state index >= 15 is 0 Å². The molecule has 0 saturated carbocycles. The highest BCUT2D eigenvalue weighted by Gasteiger charge is 2.02. The molecular formula is C21H27IN4O2. The predicted molar refractivity (Wildman–Crippen MR) is 123 cm³/mol. The highest BCUT2D eigenvalue weighted by molar-refractivity contribution is 14.0. The third-order valence-electron chi connectivity index (χ3n) is 3.71. The van der Waals surface area contributed by atoms with Crippen molar-refractivity contribution >= 4 is 35.6 Å². The molecule has 0 unspecified atom stereocenters. The van der Waals surface area contributed by atoms with Crippen LogP contribution in [0.2, 0.25) is 0 Å². The number of nitrogens with zero attached hydrogens (tertiary/aromatic N) is 2. The van der Waals surface area contributed by atoms with Crippen LogP contribution in [0, 0.1) is 11.3 Å². The van der Waals surface area contributed by atoms with Crippen LogP contribution in [0.4, 0.5) is 5.69 Å². The van der Waals surface area contributed by atoms with Gasteiger partial charge in [-0.2, -0.15) is 5.26 Å². The van der Waals surface area contributed by atoms with Crippen molar-refractivity contribution in [1.82, 2.24) is 5.32 Å². The van der Waals surface area contributed by atoms with Crippen molar-refractivity contribution in [2.24, 2.45) is 4.99 Å². The first-order chi connectivity index (χ1) is 13.2. The van der Waals surface area contributed by atoms with Crippen molar-refractivity contribution in [3.05, 3.63) is 59.7 Å². The van der Waals surface area contributed by atoms with Crippen molar-refractivity contribution in [3.63, 3.8) is 0 Å². The maximum absolute atomic E-state index is 8.87. The molecule has 6 nitrogen and oxygen atoms in total. The highest BCUT2D eigenvalue weighted by atomic mass is 127. The van der Waals surface area contributed by atoms with E-state index in [1.807, 2.05) is 43.3 Å². The molecule has 0 bridgehead atoms. The fourth-order valence-electron chi connectivity index (χ4n) is 2.36. The number of hydrogen-bond acceptors (Lipinski definition) is 4. The Morgan fingerprint density at radius 3 is 2.61 bits per heavy atom. The van der Waals surface area contributed by atoms with E-state index in [9.17, 15) is 0 Å². The molecule has 0 radical (unpaired) electrons. The molecule has 2 aromatic rings. The van der Waals surface area contributed by atoms with Gasteiger partial charge in [-0.3, -0.25) is 0 Å². The summed E-state index contributed by atoms with van der Waals surface area (Å²) in [5, 5.41) is 15.4. The molecule has 28 heavy (non-hydrogen) atoms. The van der Waals surface area contributed by atoms with Crippen LogP contribution in [-0.2, 0) is 11.3 Å². The standard InChI is InChI=1S/C21H26N4O2.HI/c1-3-23-21(24-16-18-10-8-17(15-22)9-11-18)25-19-6-4-7-20(14-19)27-13-5-12-26-2;/h4,6-11,14H,3,5,12-13,16H2,1-2H3,(H2,23,24,25);1H. The molecule has 0 atom stereocenters. The molecule has 0 aliphatic heterocycles. The van der Waals surface area contributed by atoms with Gasteiger partial charge in [-0.05, 0) is 36.8 Å². The second-order valence-electron chi connectivity index (χ2n) is 5.85. The summed E-state index contributed by atoms with van der Waals surface area (Å²) in [6.45, 7) is 4.60. The van der Waals surface area contributed by atoms with Crippen LogP contribution in [0.5, 0.6) is 5.75 Å². The van der Waals surface area contributed by atoms with E-state index in [0.29, 0.717) is 31.3 Å². The lowest BCUT2D eigenvalue weighted by Crippen LogP contribution is -2.30. The topological polar surface area (TPSA) is 78.7 Å². The van der Waals surface area contributed by atoms with Crippen molar-refractivity contribution < 1.29 is 9.47 Å². The predicted octanol–water partition coefficient (Wildman–Crippen LogP) is 4.17. The number of benzene rings is 2. The van der Waals surface area contributed by atoms with Crippen molar-refractivity contribution in [3.8, 4) is 11.8 Å². The van der Waals surface area contributed by atoms with Gasteiger partial charge >= 0.3 is 0 Å². The average Bonchev–Trinajstić information content (AvgIpc) is 2.70. The van der Waals surface area contributed by atoms with Crippen LogP contribution in [0.1, 0.15) is 24.5 Å². The smallest absolute Gasteiger partial charge is 0.196 e. The Kier molecular flexibility index (Phi) is 11.7. The lowest BCUT2D eigenvalue weighted by Gasteiger charge is -2.13. The molecule has 0 aliphatic carbocycles. The lowest BCUT2D eigenvalue weighted by atomic mass is 10.1. The van der Waals surface area contributed by atoms with E-state index < -0.39 is 0 Å². The Hall–Kier alpha value is -2.31. The Bertz CT molecular complexity index is 773. The molecule has 2 aromatic carbocycles. The van der Waals surface area contributed by atoms with Gasteiger partial charge in [0.25, 0.3) is 0 Å². The van der Waals surface area contributed by atoms with Gasteiger partial charge < -0.3 is 20.1 Å². The second kappa shape index (κ2) is 13.8. The van der Waals surface area contributed by atoms with Crippen molar-refractivity contribution in [2.75, 3.05) is 32.2 Å². The molecular weight excluding hydrogens is 467 g/mol. The first-order valence-corrected chi connectivity index (χ1v) is 9.01. The van der Waals surface area contributed by atoms with E-state index in [1.165, 1.54) is 0 Å². The second-order valence-corrected chi connectivity index (χ2v) is 5.85.